The van der Waals surface area contributed by atoms with Gasteiger partial charge in [0.1, 0.15) is 15.8 Å². The summed E-state index contributed by atoms with van der Waals surface area (Å²) >= 11 is 6.37. The van der Waals surface area contributed by atoms with Crippen molar-refractivity contribution in [3.8, 4) is 0 Å². The SMILES string of the molecule is Cc1ccc2nc(NCCO)c(C=C3SC(=S)N(C4CCS(=O)(=O)C4)C3=O)c(=O)n2c1. The van der Waals surface area contributed by atoms with E-state index in [9.17, 15) is 23.1 Å². The van der Waals surface area contributed by atoms with Crippen LogP contribution in [0.4, 0.5) is 5.82 Å². The second-order valence-electron chi connectivity index (χ2n) is 7.37. The summed E-state index contributed by atoms with van der Waals surface area (Å²) < 4.78 is 25.4. The van der Waals surface area contributed by atoms with Crippen molar-refractivity contribution in [1.82, 2.24) is 14.3 Å². The van der Waals surface area contributed by atoms with Gasteiger partial charge in [0.25, 0.3) is 11.5 Å². The number of nitrogens with one attached hydrogen (secondary N) is 1. The van der Waals surface area contributed by atoms with Crippen LogP contribution in [0.2, 0.25) is 0 Å². The molecule has 4 rings (SSSR count). The normalized spacial score (nSPS) is 22.1. The zero-order valence-electron chi connectivity index (χ0n) is 16.6. The molecule has 2 N–H and O–H groups in total. The first-order valence-electron chi connectivity index (χ1n) is 9.55. The Bertz CT molecular complexity index is 1290. The third-order valence-electron chi connectivity index (χ3n) is 5.08. The second kappa shape index (κ2) is 8.34. The van der Waals surface area contributed by atoms with Crippen LogP contribution in [0.3, 0.4) is 0 Å². The lowest BCUT2D eigenvalue weighted by atomic mass is 10.2. The number of aliphatic hydroxyl groups is 1. The van der Waals surface area contributed by atoms with E-state index >= 15 is 0 Å². The quantitative estimate of drug-likeness (QED) is 0.473. The van der Waals surface area contributed by atoms with E-state index in [4.69, 9.17) is 12.2 Å². The Morgan fingerprint density at radius 3 is 2.84 bits per heavy atom. The predicted molar refractivity (Wildman–Crippen MR) is 124 cm³/mol. The van der Waals surface area contributed by atoms with Gasteiger partial charge in [0.15, 0.2) is 9.84 Å². The third kappa shape index (κ3) is 4.25. The maximum Gasteiger partial charge on any atom is 0.267 e. The van der Waals surface area contributed by atoms with Crippen LogP contribution in [0.5, 0.6) is 0 Å². The molecular formula is C19H20N4O5S3. The number of rotatable bonds is 5. The first-order valence-corrected chi connectivity index (χ1v) is 12.6. The summed E-state index contributed by atoms with van der Waals surface area (Å²) in [5, 5.41) is 12.1. The number of fused-ring (bicyclic) bond motifs is 1. The smallest absolute Gasteiger partial charge is 0.267 e. The van der Waals surface area contributed by atoms with Gasteiger partial charge in [-0.15, -0.1) is 0 Å². The highest BCUT2D eigenvalue weighted by Crippen LogP contribution is 2.36. The molecule has 2 saturated heterocycles. The first-order chi connectivity index (χ1) is 14.7. The van der Waals surface area contributed by atoms with Crippen molar-refractivity contribution in [3.05, 3.63) is 44.7 Å². The number of hydrogen-bond acceptors (Lipinski definition) is 9. The predicted octanol–water partition coefficient (Wildman–Crippen LogP) is 0.795. The van der Waals surface area contributed by atoms with E-state index in [0.29, 0.717) is 12.1 Å². The molecule has 2 aliphatic heterocycles. The largest absolute Gasteiger partial charge is 0.395 e. The molecule has 9 nitrogen and oxygen atoms in total. The average molecular weight is 481 g/mol. The fraction of sp³-hybridized carbons (Fsp3) is 0.368. The molecule has 2 fully saturated rings. The molecule has 2 aromatic heterocycles. The molecule has 0 aromatic carbocycles. The summed E-state index contributed by atoms with van der Waals surface area (Å²) in [7, 11) is -3.19. The van der Waals surface area contributed by atoms with Crippen LogP contribution >= 0.6 is 24.0 Å². The van der Waals surface area contributed by atoms with Crippen molar-refractivity contribution < 1.29 is 18.3 Å². The molecule has 1 atom stereocenters. The van der Waals surface area contributed by atoms with Crippen LogP contribution in [-0.4, -0.2) is 68.7 Å². The van der Waals surface area contributed by atoms with E-state index < -0.39 is 21.8 Å². The van der Waals surface area contributed by atoms with Gasteiger partial charge in [-0.05, 0) is 31.1 Å². The van der Waals surface area contributed by atoms with Gasteiger partial charge in [-0.1, -0.05) is 30.0 Å². The monoisotopic (exact) mass is 480 g/mol. The highest BCUT2D eigenvalue weighted by Gasteiger charge is 2.42. The number of aliphatic hydroxyl groups excluding tert-OH is 1. The van der Waals surface area contributed by atoms with E-state index in [1.54, 1.807) is 12.3 Å². The Morgan fingerprint density at radius 1 is 1.39 bits per heavy atom. The van der Waals surface area contributed by atoms with Crippen molar-refractivity contribution in [2.24, 2.45) is 0 Å². The molecular weight excluding hydrogens is 460 g/mol. The number of carbonyl (C=O) groups is 1. The summed E-state index contributed by atoms with van der Waals surface area (Å²) in [6.45, 7) is 1.87. The Hall–Kier alpha value is -2.28. The molecule has 1 unspecified atom stereocenters. The zero-order valence-corrected chi connectivity index (χ0v) is 19.0. The van der Waals surface area contributed by atoms with E-state index in [1.807, 2.05) is 13.0 Å². The van der Waals surface area contributed by atoms with Gasteiger partial charge in [0.2, 0.25) is 0 Å². The van der Waals surface area contributed by atoms with Crippen LogP contribution < -0.4 is 10.9 Å². The van der Waals surface area contributed by atoms with Crippen LogP contribution in [0.1, 0.15) is 17.5 Å². The number of aromatic nitrogens is 2. The molecule has 1 amide bonds. The van der Waals surface area contributed by atoms with Gasteiger partial charge in [0.05, 0.1) is 34.6 Å². The maximum absolute atomic E-state index is 13.2. The van der Waals surface area contributed by atoms with Crippen LogP contribution in [-0.2, 0) is 14.6 Å². The Labute approximate surface area is 188 Å². The average Bonchev–Trinajstić information content (AvgIpc) is 3.20. The highest BCUT2D eigenvalue weighted by atomic mass is 32.2. The van der Waals surface area contributed by atoms with Crippen LogP contribution in [0.15, 0.2) is 28.0 Å². The number of amides is 1. The fourth-order valence-electron chi connectivity index (χ4n) is 3.60. The number of carbonyl (C=O) groups excluding carboxylic acids is 1. The summed E-state index contributed by atoms with van der Waals surface area (Å²) in [5.74, 6) is -0.260. The Morgan fingerprint density at radius 2 is 2.16 bits per heavy atom. The van der Waals surface area contributed by atoms with Gasteiger partial charge in [-0.25, -0.2) is 13.4 Å². The lowest BCUT2D eigenvalue weighted by molar-refractivity contribution is -0.123. The molecule has 0 saturated carbocycles. The van der Waals surface area contributed by atoms with E-state index in [2.05, 4.69) is 10.3 Å². The summed E-state index contributed by atoms with van der Waals surface area (Å²) in [6, 6.07) is 3.05. The molecule has 12 heteroatoms. The zero-order chi connectivity index (χ0) is 22.3. The highest BCUT2D eigenvalue weighted by molar-refractivity contribution is 8.26. The van der Waals surface area contributed by atoms with E-state index in [0.717, 1.165) is 17.3 Å². The van der Waals surface area contributed by atoms with Crippen molar-refractivity contribution in [3.63, 3.8) is 0 Å². The summed E-state index contributed by atoms with van der Waals surface area (Å²) in [5.41, 5.74) is 1.09. The number of aryl methyl sites for hydroxylation is 1. The molecule has 2 aliphatic rings. The van der Waals surface area contributed by atoms with Gasteiger partial charge in [-0.3, -0.25) is 18.9 Å². The van der Waals surface area contributed by atoms with Gasteiger partial charge in [0, 0.05) is 12.7 Å². The minimum Gasteiger partial charge on any atom is -0.395 e. The minimum atomic E-state index is -3.19. The van der Waals surface area contributed by atoms with Crippen LogP contribution in [0.25, 0.3) is 11.7 Å². The fourth-order valence-corrected chi connectivity index (χ4v) is 6.68. The maximum atomic E-state index is 13.2. The van der Waals surface area contributed by atoms with E-state index in [-0.39, 0.29) is 50.8 Å². The standard InChI is InChI=1S/C19H20N4O5S3/c1-11-2-3-15-21-16(20-5-6-24)13(17(25)22(15)9-11)8-14-18(26)23(19(29)30-14)12-4-7-31(27,28)10-12/h2-3,8-9,12,20,24H,4-7,10H2,1H3. The molecule has 4 heterocycles. The molecule has 0 bridgehead atoms. The molecule has 2 aromatic rings. The molecule has 0 aliphatic carbocycles. The number of nitrogens with zero attached hydrogens (tertiary/aromatic N) is 3. The van der Waals surface area contributed by atoms with Crippen molar-refractivity contribution in [2.75, 3.05) is 30.0 Å². The first kappa shape index (κ1) is 21.9. The molecule has 31 heavy (non-hydrogen) atoms. The molecule has 0 radical (unpaired) electrons. The number of sulfone groups is 1. The second-order valence-corrected chi connectivity index (χ2v) is 11.3. The van der Waals surface area contributed by atoms with Crippen molar-refractivity contribution in [1.29, 1.82) is 0 Å². The lowest BCUT2D eigenvalue weighted by Gasteiger charge is -2.20. The lowest BCUT2D eigenvalue weighted by Crippen LogP contribution is -2.39. The third-order valence-corrected chi connectivity index (χ3v) is 8.16. The Kier molecular flexibility index (Phi) is 5.90. The van der Waals surface area contributed by atoms with Gasteiger partial charge in [-0.2, -0.15) is 0 Å². The number of thiocarbonyl (C=S) groups is 1. The minimum absolute atomic E-state index is 0.0261. The van der Waals surface area contributed by atoms with Crippen molar-refractivity contribution >= 4 is 61.6 Å². The topological polar surface area (TPSA) is 121 Å². The summed E-state index contributed by atoms with van der Waals surface area (Å²) in [6.07, 6.45) is 3.43. The van der Waals surface area contributed by atoms with Gasteiger partial charge >= 0.3 is 0 Å². The number of pyridine rings is 1. The van der Waals surface area contributed by atoms with Crippen LogP contribution in [0, 0.1) is 6.92 Å². The number of hydrogen-bond donors (Lipinski definition) is 2. The van der Waals surface area contributed by atoms with Gasteiger partial charge < -0.3 is 10.4 Å². The van der Waals surface area contributed by atoms with Crippen molar-refractivity contribution in [2.45, 2.75) is 19.4 Å². The Balaban J connectivity index is 1.77. The molecule has 164 valence electrons. The summed E-state index contributed by atoms with van der Waals surface area (Å²) in [4.78, 5) is 32.3. The van der Waals surface area contributed by atoms with E-state index in [1.165, 1.54) is 15.4 Å². The number of thioether (sulfide) groups is 1. The molecule has 0 spiro atoms. The number of anilines is 1.